The fourth-order valence-electron chi connectivity index (χ4n) is 3.08. The zero-order chi connectivity index (χ0) is 19.7. The first-order valence-corrected chi connectivity index (χ1v) is 9.16. The zero-order valence-corrected chi connectivity index (χ0v) is 16.4. The quantitative estimate of drug-likeness (QED) is 0.505. The number of nitrogens with zero attached hydrogens (tertiary/aromatic N) is 4. The minimum Gasteiger partial charge on any atom is -0.453 e. The van der Waals surface area contributed by atoms with Crippen molar-refractivity contribution in [3.63, 3.8) is 0 Å². The largest absolute Gasteiger partial charge is 0.453 e. The van der Waals surface area contributed by atoms with Crippen LogP contribution in [0.25, 0.3) is 17.0 Å². The highest BCUT2D eigenvalue weighted by Gasteiger charge is 2.15. The molecule has 4 rings (SSSR count). The number of aromatic nitrogens is 4. The summed E-state index contributed by atoms with van der Waals surface area (Å²) in [7, 11) is 0. The summed E-state index contributed by atoms with van der Waals surface area (Å²) >= 11 is 0. The third-order valence-electron chi connectivity index (χ3n) is 4.83. The number of hydrogen-bond acceptors (Lipinski definition) is 5. The van der Waals surface area contributed by atoms with Crippen molar-refractivity contribution in [2.45, 2.75) is 34.3 Å². The van der Waals surface area contributed by atoms with Gasteiger partial charge in [-0.05, 0) is 56.5 Å². The molecular weight excluding hydrogens is 352 g/mol. The van der Waals surface area contributed by atoms with Crippen LogP contribution in [0, 0.1) is 27.7 Å². The number of oxazole rings is 1. The van der Waals surface area contributed by atoms with E-state index in [2.05, 4.69) is 41.2 Å². The maximum atomic E-state index is 5.88. The molecule has 0 spiro atoms. The second-order valence-corrected chi connectivity index (χ2v) is 6.86. The number of hydrogen-bond donors (Lipinski definition) is 0. The Labute approximate surface area is 163 Å². The summed E-state index contributed by atoms with van der Waals surface area (Å²) in [6.45, 7) is 8.29. The third-order valence-corrected chi connectivity index (χ3v) is 4.83. The molecule has 0 bridgehead atoms. The van der Waals surface area contributed by atoms with E-state index in [1.54, 1.807) is 6.20 Å². The highest BCUT2D eigenvalue weighted by Crippen LogP contribution is 2.25. The summed E-state index contributed by atoms with van der Waals surface area (Å²) in [4.78, 5) is 4.33. The molecule has 28 heavy (non-hydrogen) atoms. The third kappa shape index (κ3) is 3.41. The van der Waals surface area contributed by atoms with Crippen molar-refractivity contribution in [2.24, 2.45) is 0 Å². The van der Waals surface area contributed by atoms with Crippen LogP contribution in [0.1, 0.15) is 28.4 Å². The van der Waals surface area contributed by atoms with Gasteiger partial charge in [-0.1, -0.05) is 35.4 Å². The maximum Gasteiger partial charge on any atom is 0.322 e. The standard InChI is InChI=1S/C22H22N4O2/c1-14-9-10-18(11-16(14)3)26-17(4)24-25-22(26)27-13-21-23-12-20(28-21)19-8-6-5-7-15(19)2/h5-12H,13H2,1-4H3. The van der Waals surface area contributed by atoms with E-state index >= 15 is 0 Å². The van der Waals surface area contributed by atoms with Gasteiger partial charge in [0, 0.05) is 5.56 Å². The molecule has 0 amide bonds. The number of rotatable bonds is 5. The van der Waals surface area contributed by atoms with Crippen molar-refractivity contribution in [1.29, 1.82) is 0 Å². The smallest absolute Gasteiger partial charge is 0.322 e. The molecule has 6 nitrogen and oxygen atoms in total. The van der Waals surface area contributed by atoms with E-state index in [1.165, 1.54) is 11.1 Å². The second-order valence-electron chi connectivity index (χ2n) is 6.86. The molecule has 2 heterocycles. The molecule has 0 aliphatic carbocycles. The van der Waals surface area contributed by atoms with Gasteiger partial charge in [0.2, 0.25) is 5.89 Å². The Kier molecular flexibility index (Phi) is 4.69. The van der Waals surface area contributed by atoms with Crippen molar-refractivity contribution in [1.82, 2.24) is 19.7 Å². The number of benzene rings is 2. The van der Waals surface area contributed by atoms with Crippen LogP contribution in [-0.4, -0.2) is 19.7 Å². The van der Waals surface area contributed by atoms with Gasteiger partial charge in [0.1, 0.15) is 5.82 Å². The molecule has 2 aromatic carbocycles. The van der Waals surface area contributed by atoms with E-state index in [9.17, 15) is 0 Å². The molecule has 2 aromatic heterocycles. The fraction of sp³-hybridized carbons (Fsp3) is 0.227. The van der Waals surface area contributed by atoms with Crippen LogP contribution in [0.15, 0.2) is 53.1 Å². The highest BCUT2D eigenvalue weighted by atomic mass is 16.5. The lowest BCUT2D eigenvalue weighted by molar-refractivity contribution is 0.240. The van der Waals surface area contributed by atoms with Crippen LogP contribution in [0.3, 0.4) is 0 Å². The summed E-state index contributed by atoms with van der Waals surface area (Å²) in [5.74, 6) is 1.97. The van der Waals surface area contributed by atoms with E-state index in [4.69, 9.17) is 9.15 Å². The average molecular weight is 374 g/mol. The van der Waals surface area contributed by atoms with Gasteiger partial charge < -0.3 is 9.15 Å². The Bertz CT molecular complexity index is 1130. The van der Waals surface area contributed by atoms with E-state index in [0.29, 0.717) is 11.9 Å². The van der Waals surface area contributed by atoms with Crippen LogP contribution >= 0.6 is 0 Å². The molecule has 0 radical (unpaired) electrons. The molecular formula is C22H22N4O2. The van der Waals surface area contributed by atoms with Gasteiger partial charge in [-0.15, -0.1) is 5.10 Å². The molecule has 0 atom stereocenters. The van der Waals surface area contributed by atoms with Gasteiger partial charge >= 0.3 is 6.01 Å². The Hall–Kier alpha value is -3.41. The van der Waals surface area contributed by atoms with Crippen molar-refractivity contribution < 1.29 is 9.15 Å². The van der Waals surface area contributed by atoms with E-state index in [0.717, 1.165) is 28.4 Å². The predicted octanol–water partition coefficient (Wildman–Crippen LogP) is 4.73. The molecule has 0 unspecified atom stereocenters. The monoisotopic (exact) mass is 374 g/mol. The summed E-state index contributed by atoms with van der Waals surface area (Å²) in [5.41, 5.74) is 5.56. The first-order chi connectivity index (χ1) is 13.5. The topological polar surface area (TPSA) is 66.0 Å². The SMILES string of the molecule is Cc1ccc(-n2c(C)nnc2OCc2ncc(-c3ccccc3C)o2)cc1C. The Morgan fingerprint density at radius 2 is 1.75 bits per heavy atom. The van der Waals surface area contributed by atoms with Crippen molar-refractivity contribution >= 4 is 0 Å². The van der Waals surface area contributed by atoms with Gasteiger partial charge in [-0.3, -0.25) is 0 Å². The molecule has 6 heteroatoms. The first kappa shape index (κ1) is 18.0. The Balaban J connectivity index is 1.55. The second kappa shape index (κ2) is 7.31. The van der Waals surface area contributed by atoms with Gasteiger partial charge in [-0.25, -0.2) is 9.55 Å². The average Bonchev–Trinajstić information content (AvgIpc) is 3.29. The summed E-state index contributed by atoms with van der Waals surface area (Å²) in [6, 6.07) is 14.7. The lowest BCUT2D eigenvalue weighted by Crippen LogP contribution is -2.04. The van der Waals surface area contributed by atoms with Crippen LogP contribution in [0.5, 0.6) is 6.01 Å². The number of ether oxygens (including phenoxy) is 1. The van der Waals surface area contributed by atoms with E-state index < -0.39 is 0 Å². The first-order valence-electron chi connectivity index (χ1n) is 9.16. The van der Waals surface area contributed by atoms with Gasteiger partial charge in [-0.2, -0.15) is 0 Å². The molecule has 0 aliphatic rings. The van der Waals surface area contributed by atoms with Crippen molar-refractivity contribution in [3.05, 3.63) is 77.1 Å². The minimum atomic E-state index is 0.175. The number of aryl methyl sites for hydroxylation is 4. The van der Waals surface area contributed by atoms with Crippen LogP contribution < -0.4 is 4.74 Å². The summed E-state index contributed by atoms with van der Waals surface area (Å²) < 4.78 is 13.6. The van der Waals surface area contributed by atoms with Crippen LogP contribution in [0.4, 0.5) is 0 Å². The molecule has 0 saturated heterocycles. The lowest BCUT2D eigenvalue weighted by atomic mass is 10.1. The van der Waals surface area contributed by atoms with Gasteiger partial charge in [0.25, 0.3) is 0 Å². The molecule has 4 aromatic rings. The predicted molar refractivity (Wildman–Crippen MR) is 107 cm³/mol. The normalized spacial score (nSPS) is 11.0. The van der Waals surface area contributed by atoms with E-state index in [-0.39, 0.29) is 6.61 Å². The zero-order valence-electron chi connectivity index (χ0n) is 16.4. The molecule has 0 fully saturated rings. The van der Waals surface area contributed by atoms with Crippen molar-refractivity contribution in [3.8, 4) is 23.0 Å². The maximum absolute atomic E-state index is 5.88. The molecule has 142 valence electrons. The molecule has 0 N–H and O–H groups in total. The summed E-state index contributed by atoms with van der Waals surface area (Å²) in [6.07, 6.45) is 1.72. The Morgan fingerprint density at radius 3 is 2.54 bits per heavy atom. The van der Waals surface area contributed by atoms with Crippen molar-refractivity contribution in [2.75, 3.05) is 0 Å². The molecule has 0 aliphatic heterocycles. The van der Waals surface area contributed by atoms with Crippen LogP contribution in [-0.2, 0) is 6.61 Å². The fourth-order valence-corrected chi connectivity index (χ4v) is 3.08. The lowest BCUT2D eigenvalue weighted by Gasteiger charge is -2.10. The summed E-state index contributed by atoms with van der Waals surface area (Å²) in [5, 5.41) is 8.32. The highest BCUT2D eigenvalue weighted by molar-refractivity contribution is 5.60. The van der Waals surface area contributed by atoms with Gasteiger partial charge in [0.15, 0.2) is 12.4 Å². The molecule has 0 saturated carbocycles. The van der Waals surface area contributed by atoms with Gasteiger partial charge in [0.05, 0.1) is 11.9 Å². The minimum absolute atomic E-state index is 0.175. The van der Waals surface area contributed by atoms with E-state index in [1.807, 2.05) is 48.7 Å². The van der Waals surface area contributed by atoms with Crippen LogP contribution in [0.2, 0.25) is 0 Å². The Morgan fingerprint density at radius 1 is 0.929 bits per heavy atom.